The molecule has 2 saturated carbocycles. The van der Waals surface area contributed by atoms with Crippen LogP contribution in [-0.2, 0) is 28.8 Å². The van der Waals surface area contributed by atoms with Gasteiger partial charge < -0.3 is 40.2 Å². The number of carbonyl (C=O) groups is 1. The van der Waals surface area contributed by atoms with Crippen LogP contribution in [0.25, 0.3) is 0 Å². The lowest BCUT2D eigenvalue weighted by Crippen LogP contribution is -2.42. The lowest BCUT2D eigenvalue weighted by Gasteiger charge is -2.33. The molecule has 0 saturated heterocycles. The Morgan fingerprint density at radius 1 is 1.05 bits per heavy atom. The standard InChI is InChI=1S/C50H67N5O7/c1-51-34-49(25-22-37(31-49)23-27-61-35-53-33-41(56)18-9-15-36-12-5-4-6-13-36)62-45-29-38-14-7-8-19-46(58)50(32-39-20-21-43(57)44(30-39)60-3)24-10-16-40(50)17-11-26-54-48(52-2)55-42(28-38)47(45)59/h4-6,8,12-13,19-21,28-30,37,40-41,51,53,56-57,59H,7,9-10,14-18,22-25,27,31-35H2,1-3H3,(H2,52,54,55). The predicted molar refractivity (Wildman–Crippen MR) is 245 cm³/mol. The molecule has 7 N–H and O–H groups in total. The summed E-state index contributed by atoms with van der Waals surface area (Å²) in [5.41, 5.74) is 2.46. The molecule has 5 unspecified atom stereocenters. The fourth-order valence-electron chi connectivity index (χ4n) is 9.62. The number of aliphatic imine (C=N–C) groups is 1. The van der Waals surface area contributed by atoms with E-state index in [1.165, 1.54) is 12.7 Å². The number of aliphatic hydroxyl groups is 1. The molecule has 6 rings (SSSR count). The highest BCUT2D eigenvalue weighted by Crippen LogP contribution is 2.49. The molecule has 3 aromatic carbocycles. The Kier molecular flexibility index (Phi) is 17.1. The number of nitrogens with one attached hydrogen (secondary N) is 4. The van der Waals surface area contributed by atoms with E-state index in [2.05, 4.69) is 50.4 Å². The molecule has 2 bridgehead atoms. The number of likely N-dealkylation sites (N-methyl/N-ethyl adjacent to an activating group) is 1. The SMILES string of the molecule is CN=C1NC#CCC2CCCC2(Cc2ccc(O)c(OC)c2)C(=O)C=CCCc2cc(c(O)c(OC3(CNC)CCC(CCOCNCC(O)CCCc4ccccc4)C3)c2)N1. The van der Waals surface area contributed by atoms with E-state index >= 15 is 0 Å². The van der Waals surface area contributed by atoms with Crippen LogP contribution in [0.1, 0.15) is 87.3 Å². The molecule has 2 aliphatic carbocycles. The van der Waals surface area contributed by atoms with Gasteiger partial charge in [0.15, 0.2) is 28.8 Å². The number of aryl methyl sites for hydroxylation is 2. The number of methoxy groups -OCH3 is 1. The van der Waals surface area contributed by atoms with Crippen molar-refractivity contribution in [2.24, 2.45) is 22.2 Å². The summed E-state index contributed by atoms with van der Waals surface area (Å²) in [6.45, 7) is 2.11. The van der Waals surface area contributed by atoms with Gasteiger partial charge in [0.05, 0.1) is 25.6 Å². The van der Waals surface area contributed by atoms with E-state index in [4.69, 9.17) is 14.2 Å². The number of anilines is 1. The van der Waals surface area contributed by atoms with Crippen LogP contribution in [0.2, 0.25) is 0 Å². The molecular weight excluding hydrogens is 783 g/mol. The first-order valence-electron chi connectivity index (χ1n) is 22.4. The van der Waals surface area contributed by atoms with Crippen molar-refractivity contribution in [2.75, 3.05) is 52.9 Å². The zero-order valence-electron chi connectivity index (χ0n) is 36.8. The van der Waals surface area contributed by atoms with Crippen molar-refractivity contribution in [2.45, 2.75) is 102 Å². The number of fused-ring (bicyclic) bond motifs is 3. The van der Waals surface area contributed by atoms with E-state index in [0.717, 1.165) is 75.3 Å². The van der Waals surface area contributed by atoms with Gasteiger partial charge in [0.1, 0.15) is 5.60 Å². The van der Waals surface area contributed by atoms with Gasteiger partial charge in [0, 0.05) is 44.6 Å². The molecule has 3 aromatic rings. The highest BCUT2D eigenvalue weighted by molar-refractivity contribution is 5.97. The predicted octanol–water partition coefficient (Wildman–Crippen LogP) is 7.02. The van der Waals surface area contributed by atoms with Crippen LogP contribution in [0.3, 0.4) is 0 Å². The third-order valence-corrected chi connectivity index (χ3v) is 12.9. The summed E-state index contributed by atoms with van der Waals surface area (Å²) in [6.07, 6.45) is 14.3. The molecule has 0 radical (unpaired) electrons. The van der Waals surface area contributed by atoms with Crippen LogP contribution >= 0.6 is 0 Å². The molecule has 3 aliphatic rings. The van der Waals surface area contributed by atoms with Gasteiger partial charge >= 0.3 is 0 Å². The molecule has 1 heterocycles. The van der Waals surface area contributed by atoms with Crippen LogP contribution in [0.5, 0.6) is 23.0 Å². The van der Waals surface area contributed by atoms with Crippen molar-refractivity contribution in [3.05, 3.63) is 89.5 Å². The normalized spacial score (nSPS) is 23.8. The van der Waals surface area contributed by atoms with Gasteiger partial charge in [-0.2, -0.15) is 0 Å². The number of nitrogens with zero attached hydrogens (tertiary/aromatic N) is 1. The summed E-state index contributed by atoms with van der Waals surface area (Å²) in [4.78, 5) is 18.7. The maximum Gasteiger partial charge on any atom is 0.207 e. The molecule has 334 valence electrons. The summed E-state index contributed by atoms with van der Waals surface area (Å²) in [5.74, 6) is 5.02. The molecule has 0 amide bonds. The van der Waals surface area contributed by atoms with Crippen molar-refractivity contribution in [3.8, 4) is 35.0 Å². The minimum absolute atomic E-state index is 0.00585. The number of ketones is 1. The molecule has 12 heteroatoms. The largest absolute Gasteiger partial charge is 0.504 e. The number of allylic oxidation sites excluding steroid dienone is 2. The van der Waals surface area contributed by atoms with Gasteiger partial charge in [0.2, 0.25) is 5.96 Å². The molecular formula is C50H67N5O7. The van der Waals surface area contributed by atoms with Gasteiger partial charge in [-0.15, -0.1) is 0 Å². The molecule has 0 spiro atoms. The molecule has 62 heavy (non-hydrogen) atoms. The van der Waals surface area contributed by atoms with Crippen molar-refractivity contribution < 1.29 is 34.3 Å². The maximum absolute atomic E-state index is 14.3. The summed E-state index contributed by atoms with van der Waals surface area (Å²) in [5, 5.41) is 45.3. The zero-order valence-corrected chi connectivity index (χ0v) is 36.8. The van der Waals surface area contributed by atoms with Crippen molar-refractivity contribution in [3.63, 3.8) is 0 Å². The van der Waals surface area contributed by atoms with E-state index in [-0.39, 0.29) is 23.2 Å². The first-order valence-corrected chi connectivity index (χ1v) is 22.4. The smallest absolute Gasteiger partial charge is 0.207 e. The van der Waals surface area contributed by atoms with Crippen molar-refractivity contribution in [1.29, 1.82) is 0 Å². The maximum atomic E-state index is 14.3. The van der Waals surface area contributed by atoms with E-state index < -0.39 is 17.1 Å². The number of rotatable bonds is 18. The number of hydrogen-bond acceptors (Lipinski definition) is 10. The molecule has 5 atom stereocenters. The topological polar surface area (TPSA) is 166 Å². The Bertz CT molecular complexity index is 2050. The van der Waals surface area contributed by atoms with Crippen LogP contribution in [0.4, 0.5) is 5.69 Å². The minimum atomic E-state index is -0.632. The molecule has 12 nitrogen and oxygen atoms in total. The average molecular weight is 850 g/mol. The monoisotopic (exact) mass is 850 g/mol. The quantitative estimate of drug-likeness (QED) is 0.0305. The van der Waals surface area contributed by atoms with E-state index in [1.807, 2.05) is 55.6 Å². The number of hydrogen-bond donors (Lipinski definition) is 7. The highest BCUT2D eigenvalue weighted by atomic mass is 16.5. The number of aliphatic hydroxyl groups excluding tert-OH is 1. The first kappa shape index (κ1) is 46.4. The fourth-order valence-corrected chi connectivity index (χ4v) is 9.62. The Labute approximate surface area is 367 Å². The third kappa shape index (κ3) is 12.5. The Morgan fingerprint density at radius 3 is 2.71 bits per heavy atom. The van der Waals surface area contributed by atoms with Gasteiger partial charge in [-0.1, -0.05) is 54.8 Å². The average Bonchev–Trinajstić information content (AvgIpc) is 3.87. The van der Waals surface area contributed by atoms with Gasteiger partial charge in [-0.05, 0) is 143 Å². The summed E-state index contributed by atoms with van der Waals surface area (Å²) in [7, 11) is 5.11. The Balaban J connectivity index is 1.09. The zero-order chi connectivity index (χ0) is 43.8. The molecule has 1 aliphatic heterocycles. The summed E-state index contributed by atoms with van der Waals surface area (Å²) >= 11 is 0. The summed E-state index contributed by atoms with van der Waals surface area (Å²) < 4.78 is 18.2. The number of guanidine groups is 1. The highest BCUT2D eigenvalue weighted by Gasteiger charge is 2.47. The minimum Gasteiger partial charge on any atom is -0.504 e. The van der Waals surface area contributed by atoms with Gasteiger partial charge in [-0.3, -0.25) is 20.4 Å². The van der Waals surface area contributed by atoms with Crippen LogP contribution in [-0.4, -0.2) is 86.4 Å². The number of phenols is 2. The lowest BCUT2D eigenvalue weighted by atomic mass is 9.69. The second-order valence-corrected chi connectivity index (χ2v) is 17.3. The number of aromatic hydroxyl groups is 2. The lowest BCUT2D eigenvalue weighted by molar-refractivity contribution is -0.125. The molecule has 0 aromatic heterocycles. The van der Waals surface area contributed by atoms with Crippen LogP contribution < -0.4 is 30.7 Å². The Morgan fingerprint density at radius 2 is 1.90 bits per heavy atom. The van der Waals surface area contributed by atoms with Gasteiger partial charge in [0.25, 0.3) is 0 Å². The molecule has 2 fully saturated rings. The van der Waals surface area contributed by atoms with E-state index in [0.29, 0.717) is 81.2 Å². The van der Waals surface area contributed by atoms with Gasteiger partial charge in [-0.25, -0.2) is 0 Å². The second-order valence-electron chi connectivity index (χ2n) is 17.3. The van der Waals surface area contributed by atoms with Crippen LogP contribution in [0.15, 0.2) is 77.8 Å². The number of ether oxygens (including phenoxy) is 3. The number of phenolic OH excluding ortho intramolecular Hbond substituents is 2. The number of carbonyl (C=O) groups excluding carboxylic acids is 1. The number of benzene rings is 3. The van der Waals surface area contributed by atoms with E-state index in [9.17, 15) is 20.1 Å². The Hall–Kier alpha value is -5.06. The van der Waals surface area contributed by atoms with E-state index in [1.54, 1.807) is 19.2 Å². The second kappa shape index (κ2) is 22.9. The van der Waals surface area contributed by atoms with Crippen molar-refractivity contribution >= 4 is 17.4 Å². The third-order valence-electron chi connectivity index (χ3n) is 12.9. The fraction of sp³-hybridized carbons (Fsp3) is 0.520. The summed E-state index contributed by atoms with van der Waals surface area (Å²) in [6, 6.07) is 22.5. The van der Waals surface area contributed by atoms with Crippen LogP contribution in [0, 0.1) is 29.2 Å². The van der Waals surface area contributed by atoms with Crippen molar-refractivity contribution in [1.82, 2.24) is 16.0 Å². The first-order chi connectivity index (χ1) is 30.2.